The Labute approximate surface area is 92.6 Å². The molecule has 1 aromatic rings. The van der Waals surface area contributed by atoms with Crippen LogP contribution in [-0.2, 0) is 0 Å². The summed E-state index contributed by atoms with van der Waals surface area (Å²) < 4.78 is 17.0. The van der Waals surface area contributed by atoms with Gasteiger partial charge in [-0.15, -0.1) is 0 Å². The van der Waals surface area contributed by atoms with Crippen LogP contribution < -0.4 is 5.32 Å². The zero-order valence-electron chi connectivity index (χ0n) is 8.86. The summed E-state index contributed by atoms with van der Waals surface area (Å²) in [6.45, 7) is 0.898. The number of alkyl halides is 1. The monoisotopic (exact) mass is 227 g/mol. The summed E-state index contributed by atoms with van der Waals surface area (Å²) in [5.41, 5.74) is 0. The highest BCUT2D eigenvalue weighted by Crippen LogP contribution is 2.18. The molecule has 1 aliphatic heterocycles. The van der Waals surface area contributed by atoms with Gasteiger partial charge < -0.3 is 9.42 Å². The second kappa shape index (κ2) is 4.96. The van der Waals surface area contributed by atoms with Gasteiger partial charge in [-0.3, -0.25) is 9.71 Å². The number of aromatic nitrogens is 1. The zero-order valence-corrected chi connectivity index (χ0v) is 8.86. The molecule has 0 radical (unpaired) electrons. The van der Waals surface area contributed by atoms with Crippen LogP contribution in [0.15, 0.2) is 16.9 Å². The third kappa shape index (κ3) is 2.50. The number of hydrogen-bond donors (Lipinski definition) is 1. The number of likely N-dealkylation sites (tertiary alicyclic amines) is 1. The maximum Gasteiger partial charge on any atom is 0.323 e. The molecule has 0 unspecified atom stereocenters. The van der Waals surface area contributed by atoms with Crippen LogP contribution in [0, 0.1) is 5.92 Å². The average molecular weight is 227 g/mol. The summed E-state index contributed by atoms with van der Waals surface area (Å²) in [5.74, 6) is 0.508. The van der Waals surface area contributed by atoms with Gasteiger partial charge in [-0.2, -0.15) is 0 Å². The predicted molar refractivity (Wildman–Crippen MR) is 55.8 cm³/mol. The summed E-state index contributed by atoms with van der Waals surface area (Å²) in [4.78, 5) is 13.4. The minimum absolute atomic E-state index is 0.108. The number of halogens is 1. The summed E-state index contributed by atoms with van der Waals surface area (Å²) in [6.07, 6.45) is 2.84. The largest absolute Gasteiger partial charge is 0.363 e. The van der Waals surface area contributed by atoms with E-state index >= 15 is 0 Å². The maximum atomic E-state index is 12.4. The van der Waals surface area contributed by atoms with Gasteiger partial charge in [0.15, 0.2) is 5.82 Å². The number of piperidine rings is 1. The van der Waals surface area contributed by atoms with Crippen LogP contribution in [0.25, 0.3) is 0 Å². The summed E-state index contributed by atoms with van der Waals surface area (Å²) >= 11 is 0. The Morgan fingerprint density at radius 2 is 2.38 bits per heavy atom. The number of amides is 2. The van der Waals surface area contributed by atoms with Gasteiger partial charge in [0.25, 0.3) is 0 Å². The summed E-state index contributed by atoms with van der Waals surface area (Å²) in [7, 11) is 0. The molecule has 0 saturated carbocycles. The number of anilines is 1. The van der Waals surface area contributed by atoms with Crippen LogP contribution in [0.4, 0.5) is 15.0 Å². The van der Waals surface area contributed by atoms with Crippen molar-refractivity contribution < 1.29 is 13.7 Å². The van der Waals surface area contributed by atoms with E-state index in [0.717, 1.165) is 12.8 Å². The van der Waals surface area contributed by atoms with Crippen LogP contribution in [0.3, 0.4) is 0 Å². The van der Waals surface area contributed by atoms with Crippen molar-refractivity contribution in [2.24, 2.45) is 5.92 Å². The quantitative estimate of drug-likeness (QED) is 0.839. The first-order valence-corrected chi connectivity index (χ1v) is 5.32. The van der Waals surface area contributed by atoms with Crippen molar-refractivity contribution in [3.05, 3.63) is 12.3 Å². The van der Waals surface area contributed by atoms with E-state index in [-0.39, 0.29) is 18.6 Å². The first-order valence-electron chi connectivity index (χ1n) is 5.32. The average Bonchev–Trinajstić information content (AvgIpc) is 2.82. The topological polar surface area (TPSA) is 58.4 Å². The molecule has 0 aliphatic carbocycles. The first kappa shape index (κ1) is 10.9. The molecule has 2 heterocycles. The molecule has 0 bridgehead atoms. The van der Waals surface area contributed by atoms with E-state index in [0.29, 0.717) is 18.9 Å². The smallest absolute Gasteiger partial charge is 0.323 e. The Hall–Kier alpha value is -1.59. The molecule has 1 saturated heterocycles. The van der Waals surface area contributed by atoms with Gasteiger partial charge >= 0.3 is 6.03 Å². The number of rotatable bonds is 2. The van der Waals surface area contributed by atoms with Crippen molar-refractivity contribution in [3.8, 4) is 0 Å². The van der Waals surface area contributed by atoms with Crippen LogP contribution in [0.1, 0.15) is 12.8 Å². The Morgan fingerprint density at radius 3 is 2.94 bits per heavy atom. The normalized spacial score (nSPS) is 17.4. The predicted octanol–water partition coefficient (Wildman–Crippen LogP) is 1.89. The number of hydrogen-bond acceptors (Lipinski definition) is 3. The molecule has 0 aromatic carbocycles. The number of urea groups is 1. The molecule has 16 heavy (non-hydrogen) atoms. The van der Waals surface area contributed by atoms with Crippen molar-refractivity contribution in [1.82, 2.24) is 10.1 Å². The number of nitrogens with zero attached hydrogens (tertiary/aromatic N) is 2. The molecular weight excluding hydrogens is 213 g/mol. The van der Waals surface area contributed by atoms with Gasteiger partial charge in [0, 0.05) is 19.2 Å². The molecule has 1 fully saturated rings. The van der Waals surface area contributed by atoms with Crippen LogP contribution in [0.2, 0.25) is 0 Å². The second-order valence-electron chi connectivity index (χ2n) is 3.90. The van der Waals surface area contributed by atoms with E-state index in [4.69, 9.17) is 0 Å². The lowest BCUT2D eigenvalue weighted by Crippen LogP contribution is -2.41. The lowest BCUT2D eigenvalue weighted by Gasteiger charge is -2.30. The van der Waals surface area contributed by atoms with E-state index in [2.05, 4.69) is 15.0 Å². The van der Waals surface area contributed by atoms with Crippen molar-refractivity contribution >= 4 is 11.8 Å². The SMILES string of the molecule is O=C(Nc1ccon1)N1CCC(CF)CC1. The van der Waals surface area contributed by atoms with Crippen molar-refractivity contribution in [2.75, 3.05) is 25.1 Å². The fourth-order valence-corrected chi connectivity index (χ4v) is 1.76. The number of nitrogens with one attached hydrogen (secondary N) is 1. The third-order valence-corrected chi connectivity index (χ3v) is 2.79. The molecule has 88 valence electrons. The zero-order chi connectivity index (χ0) is 11.4. The molecule has 1 aromatic heterocycles. The van der Waals surface area contributed by atoms with Crippen molar-refractivity contribution in [1.29, 1.82) is 0 Å². The fourth-order valence-electron chi connectivity index (χ4n) is 1.76. The van der Waals surface area contributed by atoms with Gasteiger partial charge in [0.2, 0.25) is 0 Å². The first-order chi connectivity index (χ1) is 7.79. The van der Waals surface area contributed by atoms with Crippen LogP contribution in [0.5, 0.6) is 0 Å². The van der Waals surface area contributed by atoms with Crippen molar-refractivity contribution in [2.45, 2.75) is 12.8 Å². The highest BCUT2D eigenvalue weighted by atomic mass is 19.1. The summed E-state index contributed by atoms with van der Waals surface area (Å²) in [5, 5.41) is 6.20. The molecule has 2 amide bonds. The summed E-state index contributed by atoms with van der Waals surface area (Å²) in [6, 6.07) is 1.37. The van der Waals surface area contributed by atoms with Gasteiger partial charge in [-0.05, 0) is 18.8 Å². The Bertz CT molecular complexity index is 334. The molecule has 0 atom stereocenters. The van der Waals surface area contributed by atoms with Gasteiger partial charge in [-0.1, -0.05) is 5.16 Å². The Kier molecular flexibility index (Phi) is 3.38. The lowest BCUT2D eigenvalue weighted by atomic mass is 9.99. The van der Waals surface area contributed by atoms with Crippen LogP contribution in [-0.4, -0.2) is 35.9 Å². The number of carbonyl (C=O) groups excluding carboxylic acids is 1. The molecule has 0 spiro atoms. The fraction of sp³-hybridized carbons (Fsp3) is 0.600. The standard InChI is InChI=1S/C10H14FN3O2/c11-7-8-1-4-14(5-2-8)10(15)12-9-3-6-16-13-9/h3,6,8H,1-2,4-5,7H2,(H,12,13,15). The molecule has 5 nitrogen and oxygen atoms in total. The Morgan fingerprint density at radius 1 is 1.62 bits per heavy atom. The molecule has 1 aliphatic rings. The van der Waals surface area contributed by atoms with E-state index in [1.54, 1.807) is 11.0 Å². The van der Waals surface area contributed by atoms with E-state index < -0.39 is 0 Å². The van der Waals surface area contributed by atoms with E-state index in [1.165, 1.54) is 6.26 Å². The Balaban J connectivity index is 1.82. The van der Waals surface area contributed by atoms with E-state index in [1.807, 2.05) is 0 Å². The highest BCUT2D eigenvalue weighted by Gasteiger charge is 2.22. The van der Waals surface area contributed by atoms with Crippen LogP contribution >= 0.6 is 0 Å². The molecule has 2 rings (SSSR count). The molecule has 1 N–H and O–H groups in total. The van der Waals surface area contributed by atoms with Gasteiger partial charge in [0.1, 0.15) is 6.26 Å². The lowest BCUT2D eigenvalue weighted by molar-refractivity contribution is 0.171. The highest BCUT2D eigenvalue weighted by molar-refractivity contribution is 5.88. The molecule has 6 heteroatoms. The van der Waals surface area contributed by atoms with Gasteiger partial charge in [-0.25, -0.2) is 4.79 Å². The third-order valence-electron chi connectivity index (χ3n) is 2.79. The molecular formula is C10H14FN3O2. The second-order valence-corrected chi connectivity index (χ2v) is 3.90. The number of carbonyl (C=O) groups is 1. The van der Waals surface area contributed by atoms with Gasteiger partial charge in [0.05, 0.1) is 6.67 Å². The van der Waals surface area contributed by atoms with E-state index in [9.17, 15) is 9.18 Å². The minimum Gasteiger partial charge on any atom is -0.363 e. The maximum absolute atomic E-state index is 12.4. The minimum atomic E-state index is -0.293. The van der Waals surface area contributed by atoms with Crippen molar-refractivity contribution in [3.63, 3.8) is 0 Å².